The van der Waals surface area contributed by atoms with Crippen LogP contribution < -0.4 is 0 Å². The van der Waals surface area contributed by atoms with Crippen molar-refractivity contribution < 1.29 is 4.79 Å². The van der Waals surface area contributed by atoms with Crippen molar-refractivity contribution in [2.75, 3.05) is 5.75 Å². The predicted molar refractivity (Wildman–Crippen MR) is 69.8 cm³/mol. The van der Waals surface area contributed by atoms with Crippen LogP contribution in [0.1, 0.15) is 19.0 Å². The van der Waals surface area contributed by atoms with Gasteiger partial charge in [-0.3, -0.25) is 9.20 Å². The molecule has 0 N–H and O–H groups in total. The Labute approximate surface area is 104 Å². The van der Waals surface area contributed by atoms with Gasteiger partial charge in [0.1, 0.15) is 0 Å². The molecular weight excluding hydrogens is 234 g/mol. The van der Waals surface area contributed by atoms with Gasteiger partial charge in [0.2, 0.25) is 5.78 Å². The van der Waals surface area contributed by atoms with Gasteiger partial charge in [0, 0.05) is 25.1 Å². The Morgan fingerprint density at radius 3 is 3.24 bits per heavy atom. The third kappa shape index (κ3) is 3.17. The Hall–Kier alpha value is -1.62. The average molecular weight is 247 g/mol. The lowest BCUT2D eigenvalue weighted by Gasteiger charge is -1.94. The zero-order valence-electron chi connectivity index (χ0n) is 9.54. The molecule has 0 aliphatic heterocycles. The molecule has 0 fully saturated rings. The molecule has 2 aromatic heterocycles. The number of imidazole rings is 1. The summed E-state index contributed by atoms with van der Waals surface area (Å²) >= 11 is 1.35. The number of nitrogens with zero attached hydrogens (tertiary/aromatic N) is 3. The highest BCUT2D eigenvalue weighted by Crippen LogP contribution is 2.08. The lowest BCUT2D eigenvalue weighted by atomic mass is 10.3. The summed E-state index contributed by atoms with van der Waals surface area (Å²) in [5.74, 6) is 1.52. The number of thioether (sulfide) groups is 1. The van der Waals surface area contributed by atoms with Crippen molar-refractivity contribution in [2.45, 2.75) is 13.3 Å². The minimum atomic E-state index is 0.164. The summed E-state index contributed by atoms with van der Waals surface area (Å²) in [6.07, 6.45) is 10.4. The van der Waals surface area contributed by atoms with Crippen molar-refractivity contribution in [1.29, 1.82) is 0 Å². The van der Waals surface area contributed by atoms with Crippen LogP contribution in [0, 0.1) is 0 Å². The maximum absolute atomic E-state index is 10.7. The highest BCUT2D eigenvalue weighted by molar-refractivity contribution is 8.13. The van der Waals surface area contributed by atoms with Crippen molar-refractivity contribution in [3.05, 3.63) is 36.4 Å². The van der Waals surface area contributed by atoms with E-state index < -0.39 is 0 Å². The van der Waals surface area contributed by atoms with Gasteiger partial charge < -0.3 is 0 Å². The molecule has 4 nitrogen and oxygen atoms in total. The monoisotopic (exact) mass is 247 g/mol. The maximum Gasteiger partial charge on any atom is 0.234 e. The summed E-state index contributed by atoms with van der Waals surface area (Å²) in [7, 11) is 0. The molecular formula is C12H13N3OS. The first kappa shape index (κ1) is 11.9. The topological polar surface area (TPSA) is 47.3 Å². The summed E-state index contributed by atoms with van der Waals surface area (Å²) in [4.78, 5) is 19.1. The Morgan fingerprint density at radius 2 is 2.41 bits per heavy atom. The number of carbonyl (C=O) groups excluding carboxylic acids is 1. The van der Waals surface area contributed by atoms with E-state index in [-0.39, 0.29) is 5.12 Å². The van der Waals surface area contributed by atoms with Crippen molar-refractivity contribution in [2.24, 2.45) is 0 Å². The summed E-state index contributed by atoms with van der Waals surface area (Å²) in [6, 6.07) is 1.87. The Kier molecular flexibility index (Phi) is 3.93. The molecule has 2 rings (SSSR count). The fourth-order valence-electron chi connectivity index (χ4n) is 1.44. The molecule has 2 heterocycles. The molecule has 2 aromatic rings. The van der Waals surface area contributed by atoms with Crippen LogP contribution in [0.4, 0.5) is 0 Å². The zero-order chi connectivity index (χ0) is 12.1. The maximum atomic E-state index is 10.7. The van der Waals surface area contributed by atoms with E-state index in [1.165, 1.54) is 11.8 Å². The number of carbonyl (C=O) groups is 1. The lowest BCUT2D eigenvalue weighted by Crippen LogP contribution is -1.88. The number of rotatable bonds is 4. The second-order valence-electron chi connectivity index (χ2n) is 3.50. The van der Waals surface area contributed by atoms with Gasteiger partial charge in [-0.15, -0.1) is 0 Å². The molecule has 0 spiro atoms. The largest absolute Gasteiger partial charge is 0.288 e. The molecule has 0 aliphatic rings. The summed E-state index contributed by atoms with van der Waals surface area (Å²) in [5.41, 5.74) is 1.00. The van der Waals surface area contributed by atoms with Gasteiger partial charge in [-0.05, 0) is 18.6 Å². The normalized spacial score (nSPS) is 11.4. The van der Waals surface area contributed by atoms with Crippen molar-refractivity contribution in [3.63, 3.8) is 0 Å². The van der Waals surface area contributed by atoms with Crippen LogP contribution in [-0.2, 0) is 4.79 Å². The van der Waals surface area contributed by atoms with Crippen LogP contribution >= 0.6 is 11.8 Å². The number of hydrogen-bond donors (Lipinski definition) is 0. The third-order valence-corrected chi connectivity index (χ3v) is 3.04. The van der Waals surface area contributed by atoms with E-state index in [4.69, 9.17) is 0 Å². The van der Waals surface area contributed by atoms with Gasteiger partial charge in [0.15, 0.2) is 5.12 Å². The van der Waals surface area contributed by atoms with Crippen LogP contribution in [0.15, 0.2) is 30.7 Å². The summed E-state index contributed by atoms with van der Waals surface area (Å²) in [6.45, 7) is 1.59. The molecule has 0 radical (unpaired) electrons. The minimum Gasteiger partial charge on any atom is -0.288 e. The Bertz CT molecular complexity index is 547. The highest BCUT2D eigenvalue weighted by atomic mass is 32.2. The molecule has 0 aromatic carbocycles. The van der Waals surface area contributed by atoms with Crippen molar-refractivity contribution in [3.8, 4) is 0 Å². The molecule has 5 heteroatoms. The van der Waals surface area contributed by atoms with Gasteiger partial charge in [-0.25, -0.2) is 9.97 Å². The molecule has 0 unspecified atom stereocenters. The molecule has 88 valence electrons. The lowest BCUT2D eigenvalue weighted by molar-refractivity contribution is -0.109. The molecule has 0 atom stereocenters. The fraction of sp³-hybridized carbons (Fsp3) is 0.250. The number of fused-ring (bicyclic) bond motifs is 1. The SMILES string of the molecule is CC(=O)SCCC=Cc1cnc2ncccn12. The first-order valence-corrected chi connectivity index (χ1v) is 6.34. The number of allylic oxidation sites excluding steroid dienone is 1. The van der Waals surface area contributed by atoms with Gasteiger partial charge >= 0.3 is 0 Å². The van der Waals surface area contributed by atoms with Crippen molar-refractivity contribution in [1.82, 2.24) is 14.4 Å². The van der Waals surface area contributed by atoms with Gasteiger partial charge in [-0.1, -0.05) is 17.8 Å². The Balaban J connectivity index is 1.98. The smallest absolute Gasteiger partial charge is 0.234 e. The van der Waals surface area contributed by atoms with Crippen LogP contribution in [0.25, 0.3) is 11.9 Å². The van der Waals surface area contributed by atoms with E-state index in [9.17, 15) is 4.79 Å². The first-order chi connectivity index (χ1) is 8.27. The molecule has 17 heavy (non-hydrogen) atoms. The molecule has 0 saturated heterocycles. The van der Waals surface area contributed by atoms with E-state index in [0.29, 0.717) is 5.78 Å². The molecule has 0 saturated carbocycles. The Morgan fingerprint density at radius 1 is 1.53 bits per heavy atom. The molecule has 0 aliphatic carbocycles. The first-order valence-electron chi connectivity index (χ1n) is 5.35. The third-order valence-electron chi connectivity index (χ3n) is 2.20. The fourth-order valence-corrected chi connectivity index (χ4v) is 1.99. The highest BCUT2D eigenvalue weighted by Gasteiger charge is 1.98. The van der Waals surface area contributed by atoms with Gasteiger partial charge in [-0.2, -0.15) is 0 Å². The average Bonchev–Trinajstić information content (AvgIpc) is 2.72. The van der Waals surface area contributed by atoms with Crippen LogP contribution in [0.3, 0.4) is 0 Å². The van der Waals surface area contributed by atoms with E-state index in [0.717, 1.165) is 17.9 Å². The van der Waals surface area contributed by atoms with Crippen LogP contribution in [-0.4, -0.2) is 25.2 Å². The van der Waals surface area contributed by atoms with Gasteiger partial charge in [0.25, 0.3) is 0 Å². The summed E-state index contributed by atoms with van der Waals surface area (Å²) in [5, 5.41) is 0.164. The van der Waals surface area contributed by atoms with Gasteiger partial charge in [0.05, 0.1) is 11.9 Å². The second-order valence-corrected chi connectivity index (χ2v) is 4.78. The van der Waals surface area contributed by atoms with Crippen LogP contribution in [0.2, 0.25) is 0 Å². The molecule has 0 bridgehead atoms. The van der Waals surface area contributed by atoms with E-state index >= 15 is 0 Å². The summed E-state index contributed by atoms with van der Waals surface area (Å²) < 4.78 is 1.93. The number of aromatic nitrogens is 3. The predicted octanol–water partition coefficient (Wildman–Crippen LogP) is 2.41. The van der Waals surface area contributed by atoms with E-state index in [2.05, 4.69) is 9.97 Å². The number of hydrogen-bond acceptors (Lipinski definition) is 4. The van der Waals surface area contributed by atoms with Crippen molar-refractivity contribution >= 4 is 28.7 Å². The quantitative estimate of drug-likeness (QED) is 0.778. The second kappa shape index (κ2) is 5.63. The molecule has 0 amide bonds. The standard InChI is InChI=1S/C12H13N3OS/c1-10(16)17-8-3-2-5-11-9-14-12-13-6-4-7-15(11)12/h2,4-7,9H,3,8H2,1H3. The zero-order valence-corrected chi connectivity index (χ0v) is 10.4. The minimum absolute atomic E-state index is 0.164. The van der Waals surface area contributed by atoms with Crippen LogP contribution in [0.5, 0.6) is 0 Å². The van der Waals surface area contributed by atoms with E-state index in [1.807, 2.05) is 28.8 Å². The van der Waals surface area contributed by atoms with E-state index in [1.54, 1.807) is 19.3 Å².